The van der Waals surface area contributed by atoms with E-state index in [2.05, 4.69) is 26.2 Å². The number of hydrogen-bond donors (Lipinski definition) is 1. The first-order valence-corrected chi connectivity index (χ1v) is 9.61. The van der Waals surface area contributed by atoms with Crippen molar-refractivity contribution in [3.8, 4) is 6.07 Å². The standard InChI is InChI=1S/C18H19N5OS/c19-11-12-2-1-3-14(10-12)20-16(24)8-9-25-18-22-21-17(13-4-5-13)23(18)15-6-7-15/h1-3,10,13,15H,4-9H2,(H,20,24). The van der Waals surface area contributed by atoms with Gasteiger partial charge in [-0.3, -0.25) is 4.79 Å². The Morgan fingerprint density at radius 3 is 2.88 bits per heavy atom. The Labute approximate surface area is 150 Å². The number of hydrogen-bond acceptors (Lipinski definition) is 5. The van der Waals surface area contributed by atoms with Gasteiger partial charge in [-0.25, -0.2) is 0 Å². The summed E-state index contributed by atoms with van der Waals surface area (Å²) in [7, 11) is 0. The van der Waals surface area contributed by atoms with E-state index in [9.17, 15) is 4.79 Å². The SMILES string of the molecule is N#Cc1cccc(NC(=O)CCSc2nnc(C3CC3)n2C2CC2)c1. The van der Waals surface area contributed by atoms with Crippen LogP contribution in [0.1, 0.15) is 55.5 Å². The van der Waals surface area contributed by atoms with Gasteiger partial charge >= 0.3 is 0 Å². The lowest BCUT2D eigenvalue weighted by Gasteiger charge is -2.08. The Morgan fingerprint density at radius 2 is 2.16 bits per heavy atom. The predicted octanol–water partition coefficient (Wildman–Crippen LogP) is 3.48. The molecule has 128 valence electrons. The molecule has 2 aromatic rings. The molecule has 6 nitrogen and oxygen atoms in total. The van der Waals surface area contributed by atoms with Crippen LogP contribution in [0.3, 0.4) is 0 Å². The lowest BCUT2D eigenvalue weighted by molar-refractivity contribution is -0.115. The van der Waals surface area contributed by atoms with Crippen LogP contribution in [0.5, 0.6) is 0 Å². The monoisotopic (exact) mass is 353 g/mol. The zero-order valence-electron chi connectivity index (χ0n) is 13.8. The quantitative estimate of drug-likeness (QED) is 0.771. The van der Waals surface area contributed by atoms with Crippen LogP contribution in [0.15, 0.2) is 29.4 Å². The molecule has 0 atom stereocenters. The third-order valence-electron chi connectivity index (χ3n) is 4.38. The van der Waals surface area contributed by atoms with Gasteiger partial charge in [-0.2, -0.15) is 5.26 Å². The minimum Gasteiger partial charge on any atom is -0.326 e. The van der Waals surface area contributed by atoms with Crippen LogP contribution in [-0.4, -0.2) is 26.4 Å². The molecule has 25 heavy (non-hydrogen) atoms. The maximum absolute atomic E-state index is 12.1. The Hall–Kier alpha value is -2.33. The van der Waals surface area contributed by atoms with E-state index in [1.54, 1.807) is 36.0 Å². The second kappa shape index (κ2) is 6.89. The van der Waals surface area contributed by atoms with Crippen molar-refractivity contribution >= 4 is 23.4 Å². The van der Waals surface area contributed by atoms with Gasteiger partial charge in [-0.05, 0) is 43.9 Å². The van der Waals surface area contributed by atoms with Crippen molar-refractivity contribution in [2.45, 2.75) is 49.2 Å². The molecule has 0 aliphatic heterocycles. The topological polar surface area (TPSA) is 83.6 Å². The highest BCUT2D eigenvalue weighted by Crippen LogP contribution is 2.46. The van der Waals surface area contributed by atoms with Gasteiger partial charge in [0.25, 0.3) is 0 Å². The Bertz CT molecular complexity index is 832. The van der Waals surface area contributed by atoms with E-state index in [-0.39, 0.29) is 5.91 Å². The average molecular weight is 353 g/mol. The number of carbonyl (C=O) groups is 1. The molecule has 2 aliphatic carbocycles. The summed E-state index contributed by atoms with van der Waals surface area (Å²) < 4.78 is 2.30. The van der Waals surface area contributed by atoms with Gasteiger partial charge in [0, 0.05) is 29.8 Å². The molecule has 0 saturated heterocycles. The fourth-order valence-corrected chi connectivity index (χ4v) is 3.76. The Kier molecular flexibility index (Phi) is 4.45. The van der Waals surface area contributed by atoms with Gasteiger partial charge in [0.15, 0.2) is 5.16 Å². The minimum atomic E-state index is -0.0532. The van der Waals surface area contributed by atoms with Gasteiger partial charge in [0.2, 0.25) is 5.91 Å². The maximum atomic E-state index is 12.1. The van der Waals surface area contributed by atoms with E-state index in [0.29, 0.717) is 35.4 Å². The smallest absolute Gasteiger partial charge is 0.225 e. The molecule has 0 unspecified atom stereocenters. The minimum absolute atomic E-state index is 0.0532. The van der Waals surface area contributed by atoms with Crippen molar-refractivity contribution in [1.82, 2.24) is 14.8 Å². The van der Waals surface area contributed by atoms with Crippen molar-refractivity contribution in [2.75, 3.05) is 11.1 Å². The second-order valence-electron chi connectivity index (χ2n) is 6.56. The molecule has 2 saturated carbocycles. The highest BCUT2D eigenvalue weighted by Gasteiger charge is 2.36. The maximum Gasteiger partial charge on any atom is 0.225 e. The molecule has 0 spiro atoms. The molecule has 4 rings (SSSR count). The third kappa shape index (κ3) is 3.85. The molecule has 2 fully saturated rings. The number of nitrogens with zero attached hydrogens (tertiary/aromatic N) is 4. The molecule has 2 aliphatic rings. The van der Waals surface area contributed by atoms with E-state index < -0.39 is 0 Å². The van der Waals surface area contributed by atoms with Crippen LogP contribution in [0.25, 0.3) is 0 Å². The number of benzene rings is 1. The van der Waals surface area contributed by atoms with Crippen molar-refractivity contribution in [1.29, 1.82) is 5.26 Å². The Balaban J connectivity index is 1.32. The molecular formula is C18H19N5OS. The van der Waals surface area contributed by atoms with Crippen LogP contribution < -0.4 is 5.32 Å². The van der Waals surface area contributed by atoms with Crippen molar-refractivity contribution in [3.05, 3.63) is 35.7 Å². The molecule has 1 aromatic heterocycles. The summed E-state index contributed by atoms with van der Waals surface area (Å²) in [4.78, 5) is 12.1. The molecule has 1 aromatic carbocycles. The lowest BCUT2D eigenvalue weighted by atomic mass is 10.2. The van der Waals surface area contributed by atoms with Crippen molar-refractivity contribution in [3.63, 3.8) is 0 Å². The molecule has 7 heteroatoms. The first kappa shape index (κ1) is 16.2. The first-order chi connectivity index (χ1) is 12.2. The number of nitriles is 1. The average Bonchev–Trinajstić information content (AvgIpc) is 3.54. The fourth-order valence-electron chi connectivity index (χ4n) is 2.81. The highest BCUT2D eigenvalue weighted by atomic mass is 32.2. The molecule has 0 radical (unpaired) electrons. The van der Waals surface area contributed by atoms with Crippen LogP contribution in [-0.2, 0) is 4.79 Å². The highest BCUT2D eigenvalue weighted by molar-refractivity contribution is 7.99. The van der Waals surface area contributed by atoms with E-state index >= 15 is 0 Å². The largest absolute Gasteiger partial charge is 0.326 e. The summed E-state index contributed by atoms with van der Waals surface area (Å²) in [5, 5.41) is 21.4. The molecule has 1 heterocycles. The number of anilines is 1. The summed E-state index contributed by atoms with van der Waals surface area (Å²) in [5.41, 5.74) is 1.20. The first-order valence-electron chi connectivity index (χ1n) is 8.62. The Morgan fingerprint density at radius 1 is 1.32 bits per heavy atom. The number of rotatable bonds is 7. The third-order valence-corrected chi connectivity index (χ3v) is 5.33. The normalized spacial score (nSPS) is 16.4. The number of aromatic nitrogens is 3. The van der Waals surface area contributed by atoms with E-state index in [1.807, 2.05) is 0 Å². The van der Waals surface area contributed by atoms with Crippen LogP contribution >= 0.6 is 11.8 Å². The number of amides is 1. The van der Waals surface area contributed by atoms with E-state index in [1.165, 1.54) is 25.7 Å². The molecule has 1 N–H and O–H groups in total. The summed E-state index contributed by atoms with van der Waals surface area (Å²) in [6.07, 6.45) is 5.26. The van der Waals surface area contributed by atoms with Crippen molar-refractivity contribution < 1.29 is 4.79 Å². The van der Waals surface area contributed by atoms with Crippen LogP contribution in [0.2, 0.25) is 0 Å². The van der Waals surface area contributed by atoms with Gasteiger partial charge in [0.05, 0.1) is 11.6 Å². The van der Waals surface area contributed by atoms with Crippen LogP contribution in [0, 0.1) is 11.3 Å². The zero-order chi connectivity index (χ0) is 17.2. The van der Waals surface area contributed by atoms with Gasteiger partial charge < -0.3 is 9.88 Å². The summed E-state index contributed by atoms with van der Waals surface area (Å²) in [6.45, 7) is 0. The molecule has 0 bridgehead atoms. The number of carbonyl (C=O) groups excluding carboxylic acids is 1. The zero-order valence-corrected chi connectivity index (χ0v) is 14.6. The predicted molar refractivity (Wildman–Crippen MR) is 95.4 cm³/mol. The van der Waals surface area contributed by atoms with Gasteiger partial charge in [0.1, 0.15) is 5.82 Å². The van der Waals surface area contributed by atoms with E-state index in [4.69, 9.17) is 5.26 Å². The van der Waals surface area contributed by atoms with E-state index in [0.717, 1.165) is 11.0 Å². The van der Waals surface area contributed by atoms with Crippen molar-refractivity contribution in [2.24, 2.45) is 0 Å². The fraction of sp³-hybridized carbons (Fsp3) is 0.444. The molecular weight excluding hydrogens is 334 g/mol. The molecule has 1 amide bonds. The van der Waals surface area contributed by atoms with Gasteiger partial charge in [-0.15, -0.1) is 10.2 Å². The summed E-state index contributed by atoms with van der Waals surface area (Å²) in [5.74, 6) is 2.35. The summed E-state index contributed by atoms with van der Waals surface area (Å²) >= 11 is 1.60. The van der Waals surface area contributed by atoms with Crippen LogP contribution in [0.4, 0.5) is 5.69 Å². The second-order valence-corrected chi connectivity index (χ2v) is 7.62. The number of thioether (sulfide) groups is 1. The number of nitrogens with one attached hydrogen (secondary N) is 1. The summed E-state index contributed by atoms with van der Waals surface area (Å²) in [6, 6.07) is 9.58. The van der Waals surface area contributed by atoms with Gasteiger partial charge in [-0.1, -0.05) is 17.8 Å². The lowest BCUT2D eigenvalue weighted by Crippen LogP contribution is -2.12.